The lowest BCUT2D eigenvalue weighted by Crippen LogP contribution is -2.40. The van der Waals surface area contributed by atoms with Gasteiger partial charge in [-0.2, -0.15) is 4.36 Å². The Bertz CT molecular complexity index is 1510. The number of nitrogens with zero attached hydrogens (tertiary/aromatic N) is 4. The number of aryl methyl sites for hydroxylation is 1. The van der Waals surface area contributed by atoms with Crippen LogP contribution in [0.15, 0.2) is 41.0 Å². The Balaban J connectivity index is 1.60. The fourth-order valence-electron chi connectivity index (χ4n) is 4.29. The van der Waals surface area contributed by atoms with E-state index in [-0.39, 0.29) is 12.5 Å². The number of piperidine rings is 1. The quantitative estimate of drug-likeness (QED) is 0.482. The number of sulfonamides is 1. The van der Waals surface area contributed by atoms with Gasteiger partial charge in [0.05, 0.1) is 29.8 Å². The molecule has 36 heavy (non-hydrogen) atoms. The third kappa shape index (κ3) is 6.48. The van der Waals surface area contributed by atoms with Crippen molar-refractivity contribution in [2.75, 3.05) is 43.8 Å². The van der Waals surface area contributed by atoms with Crippen molar-refractivity contribution in [1.29, 1.82) is 0 Å². The van der Waals surface area contributed by atoms with E-state index in [0.717, 1.165) is 23.8 Å². The minimum atomic E-state index is -3.27. The molecule has 1 aliphatic heterocycles. The molecule has 12 heteroatoms. The van der Waals surface area contributed by atoms with E-state index >= 15 is 0 Å². The predicted molar refractivity (Wildman–Crippen MR) is 141 cm³/mol. The molecular formula is C24H30FN5O4S2. The topological polar surface area (TPSA) is 114 Å². The van der Waals surface area contributed by atoms with E-state index in [1.807, 2.05) is 13.0 Å². The number of halogens is 1. The maximum Gasteiger partial charge on any atom is 0.211 e. The highest BCUT2D eigenvalue weighted by atomic mass is 32.2. The molecule has 9 nitrogen and oxygen atoms in total. The molecule has 0 spiro atoms. The molecule has 1 aromatic heterocycles. The van der Waals surface area contributed by atoms with Crippen LogP contribution in [-0.2, 0) is 19.8 Å². The molecule has 0 radical (unpaired) electrons. The van der Waals surface area contributed by atoms with Crippen LogP contribution in [0.25, 0.3) is 10.9 Å². The maximum atomic E-state index is 14.1. The van der Waals surface area contributed by atoms with Crippen molar-refractivity contribution in [2.45, 2.75) is 19.8 Å². The van der Waals surface area contributed by atoms with Crippen molar-refractivity contribution in [3.8, 4) is 5.75 Å². The zero-order chi connectivity index (χ0) is 26.1. The molecule has 1 saturated heterocycles. The van der Waals surface area contributed by atoms with Crippen LogP contribution in [0.3, 0.4) is 0 Å². The van der Waals surface area contributed by atoms with Gasteiger partial charge in [0.1, 0.15) is 23.7 Å². The normalized spacial score (nSPS) is 17.2. The third-order valence-corrected chi connectivity index (χ3v) is 7.79. The Labute approximate surface area is 211 Å². The van der Waals surface area contributed by atoms with Gasteiger partial charge in [0.25, 0.3) is 0 Å². The summed E-state index contributed by atoms with van der Waals surface area (Å²) in [7, 11) is -5.60. The Kier molecular flexibility index (Phi) is 7.48. The number of rotatable bonds is 7. The molecule has 1 atom stereocenters. The zero-order valence-corrected chi connectivity index (χ0v) is 22.3. The summed E-state index contributed by atoms with van der Waals surface area (Å²) >= 11 is 0. The van der Waals surface area contributed by atoms with E-state index in [0.29, 0.717) is 41.5 Å². The van der Waals surface area contributed by atoms with Crippen LogP contribution in [0, 0.1) is 18.7 Å². The molecule has 4 rings (SSSR count). The lowest BCUT2D eigenvalue weighted by molar-refractivity contribution is 0.181. The molecule has 0 saturated carbocycles. The number of nitrogens with one attached hydrogen (secondary N) is 1. The van der Waals surface area contributed by atoms with Crippen LogP contribution in [0.5, 0.6) is 5.75 Å². The summed E-state index contributed by atoms with van der Waals surface area (Å²) < 4.78 is 61.8. The van der Waals surface area contributed by atoms with Gasteiger partial charge >= 0.3 is 0 Å². The summed E-state index contributed by atoms with van der Waals surface area (Å²) in [5, 5.41) is 3.99. The summed E-state index contributed by atoms with van der Waals surface area (Å²) in [6, 6.07) is 7.77. The largest absolute Gasteiger partial charge is 0.491 e. The van der Waals surface area contributed by atoms with Gasteiger partial charge in [0.15, 0.2) is 0 Å². The van der Waals surface area contributed by atoms with E-state index in [9.17, 15) is 17.0 Å². The average molecular weight is 536 g/mol. The highest BCUT2D eigenvalue weighted by Gasteiger charge is 2.26. The smallest absolute Gasteiger partial charge is 0.211 e. The van der Waals surface area contributed by atoms with Crippen molar-refractivity contribution in [3.05, 3.63) is 48.0 Å². The highest BCUT2D eigenvalue weighted by Crippen LogP contribution is 2.34. The molecule has 0 amide bonds. The van der Waals surface area contributed by atoms with Crippen molar-refractivity contribution < 1.29 is 21.8 Å². The lowest BCUT2D eigenvalue weighted by Gasteiger charge is -2.30. The molecule has 1 fully saturated rings. The average Bonchev–Trinajstić information content (AvgIpc) is 2.77. The summed E-state index contributed by atoms with van der Waals surface area (Å²) in [5.74, 6) is 0.366. The van der Waals surface area contributed by atoms with Gasteiger partial charge in [0.2, 0.25) is 10.0 Å². The molecule has 1 aliphatic rings. The van der Waals surface area contributed by atoms with Crippen LogP contribution in [0.2, 0.25) is 0 Å². The van der Waals surface area contributed by atoms with Crippen LogP contribution in [0.4, 0.5) is 21.6 Å². The SMILES string of the molecule is Cc1cc(N=S(C)(C)=O)cc2ncnc(Nc3ccc(F)cc3OC[C@@H]3CCCN(S(C)(=O)=O)C3)c12. The van der Waals surface area contributed by atoms with E-state index in [4.69, 9.17) is 4.74 Å². The number of ether oxygens (including phenoxy) is 1. The molecular weight excluding hydrogens is 505 g/mol. The summed E-state index contributed by atoms with van der Waals surface area (Å²) in [5.41, 5.74) is 2.56. The van der Waals surface area contributed by atoms with Gasteiger partial charge < -0.3 is 10.1 Å². The Morgan fingerprint density at radius 3 is 2.67 bits per heavy atom. The monoisotopic (exact) mass is 535 g/mol. The van der Waals surface area contributed by atoms with Gasteiger partial charge in [-0.1, -0.05) is 0 Å². The van der Waals surface area contributed by atoms with Gasteiger partial charge in [-0.15, -0.1) is 0 Å². The standard InChI is InChI=1S/C24H30FN5O4S2/c1-16-10-19(29-35(2,3)31)12-21-23(16)24(27-15-26-21)28-20-8-7-18(25)11-22(20)34-14-17-6-5-9-30(13-17)36(4,32)33/h7-8,10-12,15,17H,5-6,9,13-14H2,1-4H3,(H,26,27,28)/t17-/m1/s1. The van der Waals surface area contributed by atoms with Gasteiger partial charge in [-0.3, -0.25) is 0 Å². The second-order valence-electron chi connectivity index (χ2n) is 9.36. The number of aromatic nitrogens is 2. The van der Waals surface area contributed by atoms with E-state index in [1.54, 1.807) is 24.6 Å². The molecule has 2 heterocycles. The minimum absolute atomic E-state index is 0.00119. The second-order valence-corrected chi connectivity index (χ2v) is 13.9. The number of benzene rings is 2. The number of fused-ring (bicyclic) bond motifs is 1. The first-order chi connectivity index (χ1) is 16.9. The van der Waals surface area contributed by atoms with Crippen LogP contribution in [0.1, 0.15) is 18.4 Å². The first-order valence-corrected chi connectivity index (χ1v) is 15.6. The molecule has 3 aromatic rings. The minimum Gasteiger partial charge on any atom is -0.491 e. The van der Waals surface area contributed by atoms with Crippen LogP contribution < -0.4 is 10.1 Å². The number of anilines is 2. The van der Waals surface area contributed by atoms with Crippen molar-refractivity contribution in [1.82, 2.24) is 14.3 Å². The van der Waals surface area contributed by atoms with Crippen molar-refractivity contribution >= 4 is 47.8 Å². The molecule has 0 bridgehead atoms. The molecule has 1 N–H and O–H groups in total. The lowest BCUT2D eigenvalue weighted by atomic mass is 10.0. The Hall–Kier alpha value is -2.83. The number of hydrogen-bond donors (Lipinski definition) is 1. The second kappa shape index (κ2) is 10.3. The fourth-order valence-corrected chi connectivity index (χ4v) is 5.85. The van der Waals surface area contributed by atoms with E-state index in [1.165, 1.54) is 29.0 Å². The van der Waals surface area contributed by atoms with Crippen molar-refractivity contribution in [2.24, 2.45) is 10.3 Å². The molecule has 0 aliphatic carbocycles. The first-order valence-electron chi connectivity index (χ1n) is 11.5. The number of hydrogen-bond acceptors (Lipinski definition) is 8. The van der Waals surface area contributed by atoms with Gasteiger partial charge in [-0.05, 0) is 49.6 Å². The summed E-state index contributed by atoms with van der Waals surface area (Å²) in [4.78, 5) is 8.73. The van der Waals surface area contributed by atoms with Gasteiger partial charge in [0, 0.05) is 52.7 Å². The fraction of sp³-hybridized carbons (Fsp3) is 0.417. The zero-order valence-electron chi connectivity index (χ0n) is 20.7. The van der Waals surface area contributed by atoms with E-state index in [2.05, 4.69) is 19.6 Å². The van der Waals surface area contributed by atoms with E-state index < -0.39 is 25.6 Å². The Morgan fingerprint density at radius 1 is 1.17 bits per heavy atom. The summed E-state index contributed by atoms with van der Waals surface area (Å²) in [6.07, 6.45) is 7.34. The molecule has 194 valence electrons. The maximum absolute atomic E-state index is 14.1. The van der Waals surface area contributed by atoms with Crippen LogP contribution in [-0.4, -0.2) is 65.4 Å². The van der Waals surface area contributed by atoms with Crippen molar-refractivity contribution in [3.63, 3.8) is 0 Å². The van der Waals surface area contributed by atoms with Crippen LogP contribution >= 0.6 is 0 Å². The first kappa shape index (κ1) is 26.2. The molecule has 0 unspecified atom stereocenters. The van der Waals surface area contributed by atoms with Gasteiger partial charge in [-0.25, -0.2) is 31.3 Å². The molecule has 2 aromatic carbocycles. The highest BCUT2D eigenvalue weighted by molar-refractivity contribution is 7.92. The predicted octanol–water partition coefficient (Wildman–Crippen LogP) is 4.23. The Morgan fingerprint density at radius 2 is 1.94 bits per heavy atom. The summed E-state index contributed by atoms with van der Waals surface area (Å²) in [6.45, 7) is 3.03. The third-order valence-electron chi connectivity index (χ3n) is 5.87.